The lowest BCUT2D eigenvalue weighted by molar-refractivity contribution is 0.0978. The molecule has 2 aromatic carbocycles. The van der Waals surface area contributed by atoms with E-state index in [-0.39, 0.29) is 28.2 Å². The van der Waals surface area contributed by atoms with Gasteiger partial charge in [-0.25, -0.2) is 17.8 Å². The summed E-state index contributed by atoms with van der Waals surface area (Å²) in [6, 6.07) is 13.1. The summed E-state index contributed by atoms with van der Waals surface area (Å²) in [5.41, 5.74) is 0.714. The summed E-state index contributed by atoms with van der Waals surface area (Å²) >= 11 is 1.10. The molecular formula is C25H23FN4O5S2. The van der Waals surface area contributed by atoms with E-state index in [4.69, 9.17) is 9.15 Å². The van der Waals surface area contributed by atoms with Crippen molar-refractivity contribution in [1.82, 2.24) is 9.29 Å². The van der Waals surface area contributed by atoms with Gasteiger partial charge < -0.3 is 9.15 Å². The lowest BCUT2D eigenvalue weighted by Crippen LogP contribution is -2.34. The average Bonchev–Trinajstić information content (AvgIpc) is 3.66. The minimum absolute atomic E-state index is 0.0608. The zero-order chi connectivity index (χ0) is 26.0. The van der Waals surface area contributed by atoms with Crippen LogP contribution in [0, 0.1) is 5.82 Å². The van der Waals surface area contributed by atoms with Gasteiger partial charge in [-0.15, -0.1) is 0 Å². The van der Waals surface area contributed by atoms with Crippen molar-refractivity contribution in [3.8, 4) is 0 Å². The first kappa shape index (κ1) is 25.2. The maximum absolute atomic E-state index is 13.7. The molecule has 0 radical (unpaired) electrons. The summed E-state index contributed by atoms with van der Waals surface area (Å²) < 4.78 is 52.4. The second kappa shape index (κ2) is 10.5. The first-order valence-electron chi connectivity index (χ1n) is 11.5. The van der Waals surface area contributed by atoms with E-state index in [0.717, 1.165) is 29.2 Å². The summed E-state index contributed by atoms with van der Waals surface area (Å²) in [7, 11) is -2.25. The van der Waals surface area contributed by atoms with Crippen LogP contribution in [0.25, 0.3) is 10.2 Å². The number of aromatic nitrogens is 1. The second-order valence-electron chi connectivity index (χ2n) is 8.43. The monoisotopic (exact) mass is 542 g/mol. The maximum atomic E-state index is 13.7. The van der Waals surface area contributed by atoms with Crippen LogP contribution >= 0.6 is 11.3 Å². The average molecular weight is 543 g/mol. The van der Waals surface area contributed by atoms with E-state index < -0.39 is 21.7 Å². The molecule has 0 aliphatic carbocycles. The van der Waals surface area contributed by atoms with Crippen LogP contribution in [0.15, 0.2) is 75.3 Å². The van der Waals surface area contributed by atoms with Gasteiger partial charge in [-0.3, -0.25) is 4.79 Å². The van der Waals surface area contributed by atoms with Crippen molar-refractivity contribution in [3.05, 3.63) is 78.0 Å². The van der Waals surface area contributed by atoms with Gasteiger partial charge in [-0.05, 0) is 67.4 Å². The molecule has 5 rings (SSSR count). The molecule has 2 aromatic heterocycles. The molecule has 12 heteroatoms. The fraction of sp³-hybridized carbons (Fsp3) is 0.240. The quantitative estimate of drug-likeness (QED) is 0.240. The standard InChI is InChI=1S/C25H23FN4O5S2/c1-29(16-20-5-3-13-35-20)37(32,33)21-9-6-17(7-10-21)24(31)30(27-15-19-4-2-12-34-19)25-28-22-11-8-18(26)14-23(22)36-25/h2,4,6-12,14-15,20H,3,5,13,16H2,1H3/b27-15+. The van der Waals surface area contributed by atoms with Crippen LogP contribution in [0.2, 0.25) is 0 Å². The number of thiazole rings is 1. The Kier molecular flexibility index (Phi) is 7.15. The van der Waals surface area contributed by atoms with Crippen LogP contribution in [0.1, 0.15) is 29.0 Å². The Balaban J connectivity index is 1.42. The molecule has 9 nitrogen and oxygen atoms in total. The van der Waals surface area contributed by atoms with Gasteiger partial charge in [0, 0.05) is 25.8 Å². The maximum Gasteiger partial charge on any atom is 0.280 e. The Morgan fingerprint density at radius 1 is 1.24 bits per heavy atom. The predicted octanol–water partition coefficient (Wildman–Crippen LogP) is 4.51. The SMILES string of the molecule is CN(CC1CCCO1)S(=O)(=O)c1ccc(C(=O)N(/N=C/c2ccco2)c2nc3ccc(F)cc3s2)cc1. The van der Waals surface area contributed by atoms with Crippen LogP contribution < -0.4 is 5.01 Å². The lowest BCUT2D eigenvalue weighted by atomic mass is 10.2. The number of hydrazone groups is 1. The number of hydrogen-bond donors (Lipinski definition) is 0. The zero-order valence-electron chi connectivity index (χ0n) is 19.8. The van der Waals surface area contributed by atoms with E-state index in [1.807, 2.05) is 0 Å². The number of fused-ring (bicyclic) bond motifs is 1. The van der Waals surface area contributed by atoms with Crippen LogP contribution in [0.5, 0.6) is 0 Å². The fourth-order valence-electron chi connectivity index (χ4n) is 3.89. The summed E-state index contributed by atoms with van der Waals surface area (Å²) in [4.78, 5) is 18.0. The van der Waals surface area contributed by atoms with Crippen molar-refractivity contribution in [3.63, 3.8) is 0 Å². The smallest absolute Gasteiger partial charge is 0.280 e. The van der Waals surface area contributed by atoms with E-state index in [2.05, 4.69) is 10.1 Å². The second-order valence-corrected chi connectivity index (χ2v) is 11.5. The predicted molar refractivity (Wildman–Crippen MR) is 138 cm³/mol. The van der Waals surface area contributed by atoms with E-state index in [0.29, 0.717) is 22.6 Å². The summed E-state index contributed by atoms with van der Waals surface area (Å²) in [6.07, 6.45) is 4.45. The number of hydrogen-bond acceptors (Lipinski definition) is 8. The molecule has 1 aliphatic heterocycles. The van der Waals surface area contributed by atoms with Gasteiger partial charge in [0.1, 0.15) is 11.6 Å². The van der Waals surface area contributed by atoms with Gasteiger partial charge >= 0.3 is 0 Å². The Bertz CT molecular complexity index is 1530. The Hall–Kier alpha value is -3.45. The minimum atomic E-state index is -3.76. The number of amides is 1. The third kappa shape index (κ3) is 5.47. The summed E-state index contributed by atoms with van der Waals surface area (Å²) in [6.45, 7) is 0.897. The van der Waals surface area contributed by atoms with Crippen LogP contribution in [-0.2, 0) is 14.8 Å². The van der Waals surface area contributed by atoms with Crippen molar-refractivity contribution >= 4 is 48.8 Å². The Morgan fingerprint density at radius 3 is 2.76 bits per heavy atom. The molecule has 1 unspecified atom stereocenters. The number of carbonyl (C=O) groups is 1. The minimum Gasteiger partial charge on any atom is -0.463 e. The molecule has 0 N–H and O–H groups in total. The van der Waals surface area contributed by atoms with Gasteiger partial charge in [-0.1, -0.05) is 11.3 Å². The molecule has 3 heterocycles. The van der Waals surface area contributed by atoms with Crippen LogP contribution in [0.4, 0.5) is 9.52 Å². The fourth-order valence-corrected chi connectivity index (χ4v) is 6.04. The number of ether oxygens (including phenoxy) is 1. The van der Waals surface area contributed by atoms with Crippen molar-refractivity contribution in [2.45, 2.75) is 23.8 Å². The molecule has 1 aliphatic rings. The number of halogens is 1. The highest BCUT2D eigenvalue weighted by molar-refractivity contribution is 7.89. The molecule has 1 amide bonds. The van der Waals surface area contributed by atoms with Crippen molar-refractivity contribution in [2.75, 3.05) is 25.2 Å². The van der Waals surface area contributed by atoms with E-state index in [1.165, 1.54) is 66.3 Å². The van der Waals surface area contributed by atoms with Crippen LogP contribution in [0.3, 0.4) is 0 Å². The first-order chi connectivity index (χ1) is 17.8. The molecule has 0 bridgehead atoms. The highest BCUT2D eigenvalue weighted by Crippen LogP contribution is 2.31. The topological polar surface area (TPSA) is 105 Å². The Labute approximate surface area is 216 Å². The highest BCUT2D eigenvalue weighted by atomic mass is 32.2. The van der Waals surface area contributed by atoms with Gasteiger partial charge in [0.25, 0.3) is 5.91 Å². The molecule has 37 heavy (non-hydrogen) atoms. The van der Waals surface area contributed by atoms with Crippen molar-refractivity contribution in [2.24, 2.45) is 5.10 Å². The normalized spacial score (nSPS) is 16.2. The number of anilines is 1. The van der Waals surface area contributed by atoms with Crippen molar-refractivity contribution < 1.29 is 26.8 Å². The van der Waals surface area contributed by atoms with E-state index in [9.17, 15) is 17.6 Å². The largest absolute Gasteiger partial charge is 0.463 e. The van der Waals surface area contributed by atoms with Gasteiger partial charge in [-0.2, -0.15) is 14.4 Å². The lowest BCUT2D eigenvalue weighted by Gasteiger charge is -2.20. The van der Waals surface area contributed by atoms with Crippen molar-refractivity contribution in [1.29, 1.82) is 0 Å². The van der Waals surface area contributed by atoms with Crippen LogP contribution in [-0.4, -0.2) is 56.1 Å². The molecule has 0 spiro atoms. The molecule has 1 fully saturated rings. The van der Waals surface area contributed by atoms with E-state index in [1.54, 1.807) is 12.1 Å². The third-order valence-corrected chi connectivity index (χ3v) is 8.68. The molecule has 192 valence electrons. The summed E-state index contributed by atoms with van der Waals surface area (Å²) in [5.74, 6) is -0.541. The number of benzene rings is 2. The molecule has 1 saturated heterocycles. The van der Waals surface area contributed by atoms with E-state index >= 15 is 0 Å². The number of rotatable bonds is 8. The third-order valence-electron chi connectivity index (χ3n) is 5.85. The molecule has 0 saturated carbocycles. The number of sulfonamides is 1. The highest BCUT2D eigenvalue weighted by Gasteiger charge is 2.27. The Morgan fingerprint density at radius 2 is 2.05 bits per heavy atom. The zero-order valence-corrected chi connectivity index (χ0v) is 21.4. The number of likely N-dealkylation sites (N-methyl/N-ethyl adjacent to an activating group) is 1. The number of carbonyl (C=O) groups excluding carboxylic acids is 1. The first-order valence-corrected chi connectivity index (χ1v) is 13.7. The molecule has 1 atom stereocenters. The van der Waals surface area contributed by atoms with Gasteiger partial charge in [0.15, 0.2) is 0 Å². The number of nitrogens with zero attached hydrogens (tertiary/aromatic N) is 4. The summed E-state index contributed by atoms with van der Waals surface area (Å²) in [5, 5.41) is 5.57. The van der Waals surface area contributed by atoms with Gasteiger partial charge in [0.05, 0.1) is 33.7 Å². The van der Waals surface area contributed by atoms with Gasteiger partial charge in [0.2, 0.25) is 15.2 Å². The number of furan rings is 1. The molecular weight excluding hydrogens is 519 g/mol. The molecule has 4 aromatic rings.